The van der Waals surface area contributed by atoms with E-state index in [1.807, 2.05) is 13.1 Å². The molecule has 2 N–H and O–H groups in total. The van der Waals surface area contributed by atoms with Gasteiger partial charge < -0.3 is 10.6 Å². The van der Waals surface area contributed by atoms with E-state index < -0.39 is 0 Å². The monoisotopic (exact) mass is 440 g/mol. The largest absolute Gasteiger partial charge is 0.354 e. The Bertz CT molecular complexity index is 538. The number of nitrogens with one attached hydrogen (secondary N) is 2. The van der Waals surface area contributed by atoms with Crippen molar-refractivity contribution in [3.8, 4) is 0 Å². The van der Waals surface area contributed by atoms with E-state index in [2.05, 4.69) is 57.4 Å². The van der Waals surface area contributed by atoms with Crippen LogP contribution in [0.5, 0.6) is 0 Å². The van der Waals surface area contributed by atoms with Crippen LogP contribution < -0.4 is 10.6 Å². The SMILES string of the molecule is C=CCN1CCC(NC(=NC)NC2CC2c2ccccc2)CC1.I. The third-order valence-corrected chi connectivity index (χ3v) is 4.88. The maximum Gasteiger partial charge on any atom is 0.191 e. The van der Waals surface area contributed by atoms with Crippen LogP contribution in [0, 0.1) is 0 Å². The summed E-state index contributed by atoms with van der Waals surface area (Å²) in [6, 6.07) is 11.8. The molecular formula is C19H29IN4. The molecule has 0 radical (unpaired) electrons. The Morgan fingerprint density at radius 1 is 1.25 bits per heavy atom. The lowest BCUT2D eigenvalue weighted by Crippen LogP contribution is -2.49. The minimum atomic E-state index is 0. The van der Waals surface area contributed by atoms with Crippen LogP contribution in [0.3, 0.4) is 0 Å². The van der Waals surface area contributed by atoms with Gasteiger partial charge in [0.15, 0.2) is 5.96 Å². The zero-order valence-electron chi connectivity index (χ0n) is 14.4. The normalized spacial score (nSPS) is 24.8. The molecule has 3 rings (SSSR count). The van der Waals surface area contributed by atoms with Crippen molar-refractivity contribution < 1.29 is 0 Å². The molecule has 1 saturated heterocycles. The lowest BCUT2D eigenvalue weighted by molar-refractivity contribution is 0.225. The molecule has 0 amide bonds. The Labute approximate surface area is 162 Å². The molecule has 1 heterocycles. The summed E-state index contributed by atoms with van der Waals surface area (Å²) in [5.74, 6) is 1.58. The van der Waals surface area contributed by atoms with Gasteiger partial charge in [0.05, 0.1) is 0 Å². The average molecular weight is 440 g/mol. The van der Waals surface area contributed by atoms with Crippen LogP contribution in [0.2, 0.25) is 0 Å². The molecule has 0 spiro atoms. The summed E-state index contributed by atoms with van der Waals surface area (Å²) in [5.41, 5.74) is 1.43. The zero-order chi connectivity index (χ0) is 16.1. The molecule has 24 heavy (non-hydrogen) atoms. The summed E-state index contributed by atoms with van der Waals surface area (Å²) in [4.78, 5) is 6.86. The van der Waals surface area contributed by atoms with Crippen molar-refractivity contribution in [1.82, 2.24) is 15.5 Å². The van der Waals surface area contributed by atoms with Crippen molar-refractivity contribution in [1.29, 1.82) is 0 Å². The summed E-state index contributed by atoms with van der Waals surface area (Å²) in [6.45, 7) is 7.09. The molecule has 132 valence electrons. The predicted octanol–water partition coefficient (Wildman–Crippen LogP) is 2.98. The average Bonchev–Trinajstić information content (AvgIpc) is 3.36. The van der Waals surface area contributed by atoms with Gasteiger partial charge in [-0.2, -0.15) is 0 Å². The van der Waals surface area contributed by atoms with E-state index in [4.69, 9.17) is 0 Å². The van der Waals surface area contributed by atoms with E-state index in [1.165, 1.54) is 24.8 Å². The number of rotatable bonds is 5. The van der Waals surface area contributed by atoms with Gasteiger partial charge >= 0.3 is 0 Å². The van der Waals surface area contributed by atoms with Crippen LogP contribution in [0.15, 0.2) is 48.0 Å². The number of hydrogen-bond donors (Lipinski definition) is 2. The van der Waals surface area contributed by atoms with Gasteiger partial charge in [0.1, 0.15) is 0 Å². The van der Waals surface area contributed by atoms with Crippen LogP contribution in [-0.2, 0) is 0 Å². The second kappa shape index (κ2) is 9.42. The number of aliphatic imine (C=N–C) groups is 1. The highest BCUT2D eigenvalue weighted by Crippen LogP contribution is 2.40. The van der Waals surface area contributed by atoms with Gasteiger partial charge in [-0.25, -0.2) is 0 Å². The predicted molar refractivity (Wildman–Crippen MR) is 112 cm³/mol. The van der Waals surface area contributed by atoms with E-state index in [0.29, 0.717) is 18.0 Å². The molecule has 5 heteroatoms. The Kier molecular flexibility index (Phi) is 7.55. The quantitative estimate of drug-likeness (QED) is 0.320. The summed E-state index contributed by atoms with van der Waals surface area (Å²) in [6.07, 6.45) is 5.52. The number of likely N-dealkylation sites (tertiary alicyclic amines) is 1. The number of benzene rings is 1. The topological polar surface area (TPSA) is 39.7 Å². The third-order valence-electron chi connectivity index (χ3n) is 4.88. The number of hydrogen-bond acceptors (Lipinski definition) is 2. The molecule has 4 nitrogen and oxygen atoms in total. The molecule has 0 bridgehead atoms. The van der Waals surface area contributed by atoms with E-state index in [-0.39, 0.29) is 24.0 Å². The first-order valence-electron chi connectivity index (χ1n) is 8.68. The highest BCUT2D eigenvalue weighted by molar-refractivity contribution is 14.0. The molecule has 2 atom stereocenters. The summed E-state index contributed by atoms with van der Waals surface area (Å²) < 4.78 is 0. The Balaban J connectivity index is 0.00000208. The maximum atomic E-state index is 4.41. The van der Waals surface area contributed by atoms with Gasteiger partial charge in [-0.15, -0.1) is 30.6 Å². The number of guanidine groups is 1. The summed E-state index contributed by atoms with van der Waals surface area (Å²) in [7, 11) is 1.86. The number of piperidine rings is 1. The fourth-order valence-corrected chi connectivity index (χ4v) is 3.41. The Morgan fingerprint density at radius 2 is 1.96 bits per heavy atom. The van der Waals surface area contributed by atoms with Crippen molar-refractivity contribution in [2.45, 2.75) is 37.3 Å². The smallest absolute Gasteiger partial charge is 0.191 e. The zero-order valence-corrected chi connectivity index (χ0v) is 16.8. The molecule has 1 aromatic carbocycles. The van der Waals surface area contributed by atoms with Crippen LogP contribution in [0.4, 0.5) is 0 Å². The van der Waals surface area contributed by atoms with Crippen molar-refractivity contribution in [3.05, 3.63) is 48.6 Å². The molecule has 2 unspecified atom stereocenters. The van der Waals surface area contributed by atoms with Gasteiger partial charge in [0, 0.05) is 44.7 Å². The van der Waals surface area contributed by atoms with Crippen LogP contribution >= 0.6 is 24.0 Å². The highest BCUT2D eigenvalue weighted by Gasteiger charge is 2.39. The lowest BCUT2D eigenvalue weighted by atomic mass is 10.1. The lowest BCUT2D eigenvalue weighted by Gasteiger charge is -2.32. The second-order valence-electron chi connectivity index (χ2n) is 6.58. The van der Waals surface area contributed by atoms with Gasteiger partial charge in [-0.05, 0) is 24.8 Å². The van der Waals surface area contributed by atoms with Crippen LogP contribution in [0.25, 0.3) is 0 Å². The first kappa shape index (κ1) is 19.2. The fourth-order valence-electron chi connectivity index (χ4n) is 3.41. The van der Waals surface area contributed by atoms with E-state index in [1.54, 1.807) is 0 Å². The van der Waals surface area contributed by atoms with Crippen LogP contribution in [0.1, 0.15) is 30.7 Å². The molecule has 0 aromatic heterocycles. The van der Waals surface area contributed by atoms with Gasteiger partial charge in [0.2, 0.25) is 0 Å². The molecule has 1 aliphatic carbocycles. The Morgan fingerprint density at radius 3 is 2.58 bits per heavy atom. The third kappa shape index (κ3) is 5.21. The van der Waals surface area contributed by atoms with Crippen molar-refractivity contribution >= 4 is 29.9 Å². The standard InChI is InChI=1S/C19H28N4.HI/c1-3-11-23-12-9-16(10-13-23)21-19(20-2)22-18-14-17(18)15-7-5-4-6-8-15;/h3-8,16-18H,1,9-14H2,2H3,(H2,20,21,22);1H. The molecular weight excluding hydrogens is 411 g/mol. The summed E-state index contributed by atoms with van der Waals surface area (Å²) >= 11 is 0. The fraction of sp³-hybridized carbons (Fsp3) is 0.526. The molecule has 2 aliphatic rings. The van der Waals surface area contributed by atoms with Gasteiger partial charge in [0.25, 0.3) is 0 Å². The van der Waals surface area contributed by atoms with Gasteiger partial charge in [-0.1, -0.05) is 36.4 Å². The number of halogens is 1. The molecule has 1 saturated carbocycles. The van der Waals surface area contributed by atoms with Crippen molar-refractivity contribution in [2.24, 2.45) is 4.99 Å². The second-order valence-corrected chi connectivity index (χ2v) is 6.58. The van der Waals surface area contributed by atoms with E-state index in [9.17, 15) is 0 Å². The minimum Gasteiger partial charge on any atom is -0.354 e. The van der Waals surface area contributed by atoms with Gasteiger partial charge in [-0.3, -0.25) is 9.89 Å². The highest BCUT2D eigenvalue weighted by atomic mass is 127. The first-order valence-corrected chi connectivity index (χ1v) is 8.68. The molecule has 2 fully saturated rings. The maximum absolute atomic E-state index is 4.41. The van der Waals surface area contributed by atoms with Crippen molar-refractivity contribution in [2.75, 3.05) is 26.7 Å². The number of nitrogens with zero attached hydrogens (tertiary/aromatic N) is 2. The van der Waals surface area contributed by atoms with E-state index in [0.717, 1.165) is 25.6 Å². The Hall–Kier alpha value is -1.08. The molecule has 1 aromatic rings. The van der Waals surface area contributed by atoms with E-state index >= 15 is 0 Å². The first-order chi connectivity index (χ1) is 11.3. The summed E-state index contributed by atoms with van der Waals surface area (Å²) in [5, 5.41) is 7.18. The van der Waals surface area contributed by atoms with Crippen LogP contribution in [-0.4, -0.2) is 49.6 Å². The molecule has 1 aliphatic heterocycles. The minimum absolute atomic E-state index is 0. The van der Waals surface area contributed by atoms with Crippen molar-refractivity contribution in [3.63, 3.8) is 0 Å².